The number of rotatable bonds is 3. The number of amidine groups is 1. The first kappa shape index (κ1) is 9.08. The van der Waals surface area contributed by atoms with Gasteiger partial charge < -0.3 is 4.98 Å². The molecule has 5 nitrogen and oxygen atoms in total. The number of H-pyrrole nitrogens is 1. The zero-order valence-corrected chi connectivity index (χ0v) is 7.77. The van der Waals surface area contributed by atoms with Crippen molar-refractivity contribution in [3.05, 3.63) is 18.2 Å². The highest BCUT2D eigenvalue weighted by Crippen LogP contribution is 1.89. The van der Waals surface area contributed by atoms with Gasteiger partial charge in [0.2, 0.25) is 0 Å². The molecule has 0 aliphatic heterocycles. The maximum atomic E-state index is 4.04. The summed E-state index contributed by atoms with van der Waals surface area (Å²) in [6, 6.07) is 0. The highest BCUT2D eigenvalue weighted by atomic mass is 32.2. The van der Waals surface area contributed by atoms with Crippen molar-refractivity contribution in [1.82, 2.24) is 20.2 Å². The predicted octanol–water partition coefficient (Wildman–Crippen LogP) is 0.158. The van der Waals surface area contributed by atoms with E-state index in [0.29, 0.717) is 5.84 Å². The lowest BCUT2D eigenvalue weighted by Crippen LogP contribution is -2.33. The van der Waals surface area contributed by atoms with Gasteiger partial charge in [-0.15, -0.1) is 0 Å². The third kappa shape index (κ3) is 2.24. The maximum Gasteiger partial charge on any atom is 0.179 e. The number of hydrogen-bond donors (Lipinski definition) is 3. The molecule has 0 amide bonds. The topological polar surface area (TPSA) is 65.1 Å². The molecule has 0 aliphatic carbocycles. The van der Waals surface area contributed by atoms with Crippen LogP contribution in [0.5, 0.6) is 0 Å². The standard InChI is InChI=1S/C6H11N5S/c1-7-5(10-11-12-2)6-8-3-4-9-6/h3-4,11H,1-2H3,(H,7,10)(H,8,9). The summed E-state index contributed by atoms with van der Waals surface area (Å²) >= 11 is 1.46. The number of aliphatic imine (C=N–C) groups is 1. The molecule has 1 heterocycles. The second-order valence-corrected chi connectivity index (χ2v) is 2.55. The van der Waals surface area contributed by atoms with Crippen molar-refractivity contribution in [3.8, 4) is 0 Å². The van der Waals surface area contributed by atoms with Crippen LogP contribution in [0, 0.1) is 0 Å². The molecule has 0 spiro atoms. The molecular weight excluding hydrogens is 174 g/mol. The van der Waals surface area contributed by atoms with Crippen LogP contribution in [0.15, 0.2) is 17.4 Å². The van der Waals surface area contributed by atoms with Gasteiger partial charge in [0.15, 0.2) is 11.7 Å². The molecule has 0 aromatic carbocycles. The first-order valence-corrected chi connectivity index (χ1v) is 4.61. The second-order valence-electron chi connectivity index (χ2n) is 1.94. The molecule has 0 saturated carbocycles. The molecule has 66 valence electrons. The van der Waals surface area contributed by atoms with Crippen LogP contribution in [0.4, 0.5) is 0 Å². The zero-order chi connectivity index (χ0) is 8.81. The Labute approximate surface area is 75.2 Å². The summed E-state index contributed by atoms with van der Waals surface area (Å²) in [6.07, 6.45) is 5.35. The highest BCUT2D eigenvalue weighted by molar-refractivity contribution is 7.96. The van der Waals surface area contributed by atoms with Gasteiger partial charge in [0.1, 0.15) is 0 Å². The van der Waals surface area contributed by atoms with Crippen LogP contribution in [0.25, 0.3) is 0 Å². The summed E-state index contributed by atoms with van der Waals surface area (Å²) in [5.74, 6) is 1.41. The molecule has 1 aromatic rings. The van der Waals surface area contributed by atoms with Gasteiger partial charge in [-0.2, -0.15) is 4.83 Å². The molecule has 1 aromatic heterocycles. The molecule has 6 heteroatoms. The highest BCUT2D eigenvalue weighted by Gasteiger charge is 2.01. The Bertz CT molecular complexity index is 242. The molecule has 0 bridgehead atoms. The fourth-order valence-corrected chi connectivity index (χ4v) is 0.914. The van der Waals surface area contributed by atoms with E-state index in [-0.39, 0.29) is 0 Å². The van der Waals surface area contributed by atoms with Crippen molar-refractivity contribution >= 4 is 17.8 Å². The minimum atomic E-state index is 0.689. The SMILES string of the molecule is CN=C(NNSC)c1ncc[nH]1. The van der Waals surface area contributed by atoms with Gasteiger partial charge >= 0.3 is 0 Å². The Morgan fingerprint density at radius 3 is 3.08 bits per heavy atom. The average molecular weight is 185 g/mol. The summed E-state index contributed by atoms with van der Waals surface area (Å²) in [5, 5.41) is 0. The second kappa shape index (κ2) is 4.78. The monoisotopic (exact) mass is 185 g/mol. The van der Waals surface area contributed by atoms with E-state index in [1.54, 1.807) is 19.4 Å². The van der Waals surface area contributed by atoms with E-state index < -0.39 is 0 Å². The number of imidazole rings is 1. The lowest BCUT2D eigenvalue weighted by Gasteiger charge is -2.04. The summed E-state index contributed by atoms with van der Waals surface area (Å²) in [6.45, 7) is 0. The van der Waals surface area contributed by atoms with Gasteiger partial charge in [0, 0.05) is 19.4 Å². The van der Waals surface area contributed by atoms with E-state index in [1.165, 1.54) is 11.9 Å². The number of hydrazine groups is 1. The zero-order valence-electron chi connectivity index (χ0n) is 6.96. The third-order valence-electron chi connectivity index (χ3n) is 1.22. The fourth-order valence-electron chi connectivity index (χ4n) is 0.715. The van der Waals surface area contributed by atoms with E-state index >= 15 is 0 Å². The van der Waals surface area contributed by atoms with Crippen molar-refractivity contribution in [2.75, 3.05) is 13.3 Å². The smallest absolute Gasteiger partial charge is 0.179 e. The van der Waals surface area contributed by atoms with Crippen LogP contribution in [-0.4, -0.2) is 29.1 Å². The first-order valence-electron chi connectivity index (χ1n) is 3.39. The van der Waals surface area contributed by atoms with Crippen molar-refractivity contribution in [1.29, 1.82) is 0 Å². The Hall–Kier alpha value is -1.01. The first-order chi connectivity index (χ1) is 5.88. The van der Waals surface area contributed by atoms with Crippen LogP contribution >= 0.6 is 11.9 Å². The van der Waals surface area contributed by atoms with Crippen LogP contribution < -0.4 is 10.3 Å². The van der Waals surface area contributed by atoms with E-state index in [1.807, 2.05) is 6.26 Å². The van der Waals surface area contributed by atoms with Crippen molar-refractivity contribution in [3.63, 3.8) is 0 Å². The molecule has 3 N–H and O–H groups in total. The molecule has 0 radical (unpaired) electrons. The van der Waals surface area contributed by atoms with E-state index in [9.17, 15) is 0 Å². The molecular formula is C6H11N5S. The van der Waals surface area contributed by atoms with Gasteiger partial charge in [-0.1, -0.05) is 11.9 Å². The number of nitrogens with zero attached hydrogens (tertiary/aromatic N) is 2. The molecule has 0 atom stereocenters. The van der Waals surface area contributed by atoms with Gasteiger partial charge in [0.05, 0.1) is 0 Å². The molecule has 0 aliphatic rings. The van der Waals surface area contributed by atoms with Crippen LogP contribution in [0.1, 0.15) is 5.82 Å². The Balaban J connectivity index is 2.59. The Kier molecular flexibility index (Phi) is 3.62. The summed E-state index contributed by atoms with van der Waals surface area (Å²) in [4.78, 5) is 13.9. The van der Waals surface area contributed by atoms with Gasteiger partial charge in [-0.25, -0.2) is 4.98 Å². The summed E-state index contributed by atoms with van der Waals surface area (Å²) in [7, 11) is 1.70. The lowest BCUT2D eigenvalue weighted by molar-refractivity contribution is 0.912. The minimum Gasteiger partial charge on any atom is -0.342 e. The molecule has 0 fully saturated rings. The van der Waals surface area contributed by atoms with Crippen molar-refractivity contribution in [2.24, 2.45) is 4.99 Å². The van der Waals surface area contributed by atoms with Crippen LogP contribution in [0.3, 0.4) is 0 Å². The number of aromatic nitrogens is 2. The van der Waals surface area contributed by atoms with Gasteiger partial charge in [-0.3, -0.25) is 10.4 Å². The fraction of sp³-hybridized carbons (Fsp3) is 0.333. The van der Waals surface area contributed by atoms with Crippen LogP contribution in [0.2, 0.25) is 0 Å². The van der Waals surface area contributed by atoms with Crippen LogP contribution in [-0.2, 0) is 0 Å². The normalized spacial score (nSPS) is 11.7. The predicted molar refractivity (Wildman–Crippen MR) is 50.8 cm³/mol. The van der Waals surface area contributed by atoms with E-state index in [2.05, 4.69) is 25.2 Å². The third-order valence-corrected chi connectivity index (χ3v) is 1.52. The lowest BCUT2D eigenvalue weighted by atomic mass is 10.6. The van der Waals surface area contributed by atoms with E-state index in [0.717, 1.165) is 5.82 Å². The number of hydrogen-bond acceptors (Lipinski definition) is 4. The maximum absolute atomic E-state index is 4.04. The number of aromatic amines is 1. The molecule has 1 rings (SSSR count). The Morgan fingerprint density at radius 2 is 2.58 bits per heavy atom. The summed E-state index contributed by atoms with van der Waals surface area (Å²) in [5.41, 5.74) is 2.89. The van der Waals surface area contributed by atoms with Gasteiger partial charge in [0.25, 0.3) is 0 Å². The molecule has 0 unspecified atom stereocenters. The average Bonchev–Trinajstić information content (AvgIpc) is 2.59. The van der Waals surface area contributed by atoms with Crippen molar-refractivity contribution in [2.45, 2.75) is 0 Å². The largest absolute Gasteiger partial charge is 0.342 e. The summed E-state index contributed by atoms with van der Waals surface area (Å²) < 4.78 is 0. The van der Waals surface area contributed by atoms with E-state index in [4.69, 9.17) is 0 Å². The quantitative estimate of drug-likeness (QED) is 0.271. The molecule has 0 saturated heterocycles. The minimum absolute atomic E-state index is 0.689. The molecule has 12 heavy (non-hydrogen) atoms. The van der Waals surface area contributed by atoms with Gasteiger partial charge in [-0.05, 0) is 6.26 Å². The Morgan fingerprint density at radius 1 is 1.75 bits per heavy atom. The number of nitrogens with one attached hydrogen (secondary N) is 3. The van der Waals surface area contributed by atoms with Crippen molar-refractivity contribution < 1.29 is 0 Å².